The van der Waals surface area contributed by atoms with Crippen molar-refractivity contribution < 1.29 is 14.6 Å². The molecule has 0 aliphatic rings. The zero-order valence-electron chi connectivity index (χ0n) is 7.19. The van der Waals surface area contributed by atoms with Gasteiger partial charge in [-0.3, -0.25) is 0 Å². The molecule has 0 radical (unpaired) electrons. The van der Waals surface area contributed by atoms with Crippen molar-refractivity contribution in [2.75, 3.05) is 7.11 Å². The highest BCUT2D eigenvalue weighted by atomic mass is 32.1. The summed E-state index contributed by atoms with van der Waals surface area (Å²) in [5, 5.41) is 10.6. The van der Waals surface area contributed by atoms with Crippen molar-refractivity contribution in [3.8, 4) is 0 Å². The highest BCUT2D eigenvalue weighted by Gasteiger charge is 1.96. The standard InChI is InChI=1S/C9H10O3S/c1-12-9(11)3-2-8-4-7(5-10)6-13-8/h2-4,6,10H,5H2,1H3/b3-2+. The van der Waals surface area contributed by atoms with Gasteiger partial charge in [0, 0.05) is 11.0 Å². The van der Waals surface area contributed by atoms with Crippen molar-refractivity contribution in [2.24, 2.45) is 0 Å². The van der Waals surface area contributed by atoms with E-state index in [0.717, 1.165) is 10.4 Å². The summed E-state index contributed by atoms with van der Waals surface area (Å²) in [5.74, 6) is -0.376. The Morgan fingerprint density at radius 1 is 1.77 bits per heavy atom. The van der Waals surface area contributed by atoms with Crippen LogP contribution in [0.1, 0.15) is 10.4 Å². The Hall–Kier alpha value is -1.13. The van der Waals surface area contributed by atoms with Gasteiger partial charge in [0.1, 0.15) is 0 Å². The fourth-order valence-electron chi connectivity index (χ4n) is 0.783. The van der Waals surface area contributed by atoms with Crippen molar-refractivity contribution in [1.82, 2.24) is 0 Å². The van der Waals surface area contributed by atoms with Crippen LogP contribution in [0.25, 0.3) is 6.08 Å². The van der Waals surface area contributed by atoms with E-state index in [1.807, 2.05) is 11.4 Å². The van der Waals surface area contributed by atoms with E-state index in [1.54, 1.807) is 6.08 Å². The minimum absolute atomic E-state index is 0.0303. The maximum absolute atomic E-state index is 10.7. The zero-order valence-corrected chi connectivity index (χ0v) is 8.00. The van der Waals surface area contributed by atoms with E-state index >= 15 is 0 Å². The van der Waals surface area contributed by atoms with Crippen molar-refractivity contribution in [3.05, 3.63) is 28.0 Å². The Morgan fingerprint density at radius 3 is 3.08 bits per heavy atom. The quantitative estimate of drug-likeness (QED) is 0.590. The fourth-order valence-corrected chi connectivity index (χ4v) is 1.58. The first-order chi connectivity index (χ1) is 6.26. The smallest absolute Gasteiger partial charge is 0.330 e. The normalized spacial score (nSPS) is 10.6. The van der Waals surface area contributed by atoms with Crippen LogP contribution in [0.5, 0.6) is 0 Å². The molecule has 70 valence electrons. The molecule has 1 aromatic heterocycles. The molecule has 0 saturated heterocycles. The Labute approximate surface area is 80.3 Å². The van der Waals surface area contributed by atoms with Crippen LogP contribution in [-0.4, -0.2) is 18.2 Å². The van der Waals surface area contributed by atoms with Gasteiger partial charge in [-0.2, -0.15) is 0 Å². The molecule has 0 bridgehead atoms. The minimum atomic E-state index is -0.376. The summed E-state index contributed by atoms with van der Waals surface area (Å²) in [7, 11) is 1.33. The number of hydrogen-bond donors (Lipinski definition) is 1. The Balaban J connectivity index is 2.63. The van der Waals surface area contributed by atoms with E-state index < -0.39 is 0 Å². The average molecular weight is 198 g/mol. The molecule has 0 atom stereocenters. The molecule has 1 N–H and O–H groups in total. The molecule has 0 amide bonds. The molecule has 0 aliphatic heterocycles. The van der Waals surface area contributed by atoms with Crippen LogP contribution < -0.4 is 0 Å². The lowest BCUT2D eigenvalue weighted by Gasteiger charge is -1.87. The molecule has 1 aromatic rings. The summed E-state index contributed by atoms with van der Waals surface area (Å²) in [4.78, 5) is 11.6. The number of aliphatic hydroxyl groups is 1. The summed E-state index contributed by atoms with van der Waals surface area (Å²) in [6.07, 6.45) is 3.02. The average Bonchev–Trinajstić information content (AvgIpc) is 2.61. The third-order valence-electron chi connectivity index (χ3n) is 1.44. The second-order valence-corrected chi connectivity index (χ2v) is 3.31. The predicted molar refractivity (Wildman–Crippen MR) is 51.3 cm³/mol. The second kappa shape index (κ2) is 4.79. The molecule has 0 unspecified atom stereocenters. The van der Waals surface area contributed by atoms with E-state index in [4.69, 9.17) is 5.11 Å². The summed E-state index contributed by atoms with van der Waals surface area (Å²) < 4.78 is 4.43. The SMILES string of the molecule is COC(=O)/C=C/c1cc(CO)cs1. The topological polar surface area (TPSA) is 46.5 Å². The summed E-state index contributed by atoms with van der Waals surface area (Å²) in [6, 6.07) is 1.82. The largest absolute Gasteiger partial charge is 0.466 e. The second-order valence-electron chi connectivity index (χ2n) is 2.37. The number of carbonyl (C=O) groups excluding carboxylic acids is 1. The molecule has 1 heterocycles. The Kier molecular flexibility index (Phi) is 3.67. The maximum atomic E-state index is 10.7. The maximum Gasteiger partial charge on any atom is 0.330 e. The van der Waals surface area contributed by atoms with Gasteiger partial charge in [-0.05, 0) is 23.1 Å². The van der Waals surface area contributed by atoms with Crippen molar-refractivity contribution in [1.29, 1.82) is 0 Å². The van der Waals surface area contributed by atoms with Gasteiger partial charge < -0.3 is 9.84 Å². The number of ether oxygens (including phenoxy) is 1. The first kappa shape index (κ1) is 9.95. The van der Waals surface area contributed by atoms with E-state index in [1.165, 1.54) is 24.5 Å². The van der Waals surface area contributed by atoms with E-state index in [2.05, 4.69) is 4.74 Å². The van der Waals surface area contributed by atoms with Gasteiger partial charge in [0.25, 0.3) is 0 Å². The summed E-state index contributed by atoms with van der Waals surface area (Å²) in [5.41, 5.74) is 0.856. The van der Waals surface area contributed by atoms with Gasteiger partial charge in [0.2, 0.25) is 0 Å². The molecule has 3 nitrogen and oxygen atoms in total. The van der Waals surface area contributed by atoms with Gasteiger partial charge in [-0.15, -0.1) is 11.3 Å². The molecule has 0 aromatic carbocycles. The molecule has 0 saturated carbocycles. The van der Waals surface area contributed by atoms with Crippen LogP contribution in [0.2, 0.25) is 0 Å². The highest BCUT2D eigenvalue weighted by Crippen LogP contribution is 2.15. The number of aliphatic hydroxyl groups excluding tert-OH is 1. The molecular weight excluding hydrogens is 188 g/mol. The molecule has 4 heteroatoms. The first-order valence-electron chi connectivity index (χ1n) is 3.70. The minimum Gasteiger partial charge on any atom is -0.466 e. The lowest BCUT2D eigenvalue weighted by Crippen LogP contribution is -1.92. The van der Waals surface area contributed by atoms with Gasteiger partial charge in [-0.1, -0.05) is 0 Å². The lowest BCUT2D eigenvalue weighted by molar-refractivity contribution is -0.134. The number of esters is 1. The van der Waals surface area contributed by atoms with Crippen molar-refractivity contribution in [2.45, 2.75) is 6.61 Å². The monoisotopic (exact) mass is 198 g/mol. The fraction of sp³-hybridized carbons (Fsp3) is 0.222. The predicted octanol–water partition coefficient (Wildman–Crippen LogP) is 1.43. The molecule has 0 fully saturated rings. The zero-order chi connectivity index (χ0) is 9.68. The number of hydrogen-bond acceptors (Lipinski definition) is 4. The highest BCUT2D eigenvalue weighted by molar-refractivity contribution is 7.11. The third kappa shape index (κ3) is 3.01. The van der Waals surface area contributed by atoms with Crippen LogP contribution in [0.4, 0.5) is 0 Å². The van der Waals surface area contributed by atoms with E-state index in [0.29, 0.717) is 0 Å². The van der Waals surface area contributed by atoms with Crippen LogP contribution in [0.3, 0.4) is 0 Å². The molecule has 0 aliphatic carbocycles. The van der Waals surface area contributed by atoms with Crippen LogP contribution in [0.15, 0.2) is 17.5 Å². The van der Waals surface area contributed by atoms with Gasteiger partial charge >= 0.3 is 5.97 Å². The molecule has 0 spiro atoms. The summed E-state index contributed by atoms with van der Waals surface area (Å²) in [6.45, 7) is 0.0303. The molecule has 13 heavy (non-hydrogen) atoms. The van der Waals surface area contributed by atoms with Gasteiger partial charge in [-0.25, -0.2) is 4.79 Å². The van der Waals surface area contributed by atoms with Gasteiger partial charge in [0.15, 0.2) is 0 Å². The number of methoxy groups -OCH3 is 1. The number of thiophene rings is 1. The van der Waals surface area contributed by atoms with Crippen LogP contribution in [0, 0.1) is 0 Å². The van der Waals surface area contributed by atoms with Crippen molar-refractivity contribution >= 4 is 23.4 Å². The molecule has 1 rings (SSSR count). The first-order valence-corrected chi connectivity index (χ1v) is 4.58. The lowest BCUT2D eigenvalue weighted by atomic mass is 10.3. The van der Waals surface area contributed by atoms with Crippen LogP contribution >= 0.6 is 11.3 Å². The van der Waals surface area contributed by atoms with Crippen LogP contribution in [-0.2, 0) is 16.1 Å². The summed E-state index contributed by atoms with van der Waals surface area (Å²) >= 11 is 1.47. The third-order valence-corrected chi connectivity index (χ3v) is 2.39. The van der Waals surface area contributed by atoms with Crippen molar-refractivity contribution in [3.63, 3.8) is 0 Å². The number of rotatable bonds is 3. The Bertz CT molecular complexity index is 314. The van der Waals surface area contributed by atoms with E-state index in [-0.39, 0.29) is 12.6 Å². The Morgan fingerprint density at radius 2 is 2.54 bits per heavy atom. The van der Waals surface area contributed by atoms with E-state index in [9.17, 15) is 4.79 Å². The van der Waals surface area contributed by atoms with Gasteiger partial charge in [0.05, 0.1) is 13.7 Å². The molecular formula is C9H10O3S. The number of carbonyl (C=O) groups is 1.